The second-order valence-corrected chi connectivity index (χ2v) is 7.08. The number of aromatic amines is 1. The number of nitrogens with one attached hydrogen (secondary N) is 2. The average Bonchev–Trinajstić information content (AvgIpc) is 3.16. The van der Waals surface area contributed by atoms with E-state index in [0.717, 1.165) is 22.2 Å². The summed E-state index contributed by atoms with van der Waals surface area (Å²) in [6.07, 6.45) is 2.95. The predicted octanol–water partition coefficient (Wildman–Crippen LogP) is 3.08. The molecule has 6 nitrogen and oxygen atoms in total. The number of rotatable bonds is 3. The van der Waals surface area contributed by atoms with Gasteiger partial charge in [-0.25, -0.2) is 0 Å². The zero-order valence-electron chi connectivity index (χ0n) is 15.2. The number of aromatic nitrogens is 2. The highest BCUT2D eigenvalue weighted by Gasteiger charge is 2.43. The van der Waals surface area contributed by atoms with Crippen LogP contribution in [0.3, 0.4) is 0 Å². The van der Waals surface area contributed by atoms with Crippen molar-refractivity contribution in [1.82, 2.24) is 15.1 Å². The van der Waals surface area contributed by atoms with Crippen LogP contribution in [-0.2, 0) is 15.0 Å². The van der Waals surface area contributed by atoms with Gasteiger partial charge < -0.3 is 10.2 Å². The normalized spacial score (nSPS) is 16.3. The first-order valence-electron chi connectivity index (χ1n) is 9.14. The second-order valence-electron chi connectivity index (χ2n) is 7.08. The lowest BCUT2D eigenvalue weighted by molar-refractivity contribution is -0.133. The summed E-state index contributed by atoms with van der Waals surface area (Å²) in [4.78, 5) is 26.9. The van der Waals surface area contributed by atoms with Gasteiger partial charge in [-0.3, -0.25) is 14.7 Å². The van der Waals surface area contributed by atoms with Crippen LogP contribution in [0, 0.1) is 0 Å². The molecule has 2 aromatic carbocycles. The van der Waals surface area contributed by atoms with Gasteiger partial charge in [0.05, 0.1) is 17.1 Å². The maximum atomic E-state index is 13.4. The largest absolute Gasteiger partial charge is 0.343 e. The molecule has 0 saturated carbocycles. The molecule has 0 spiro atoms. The third-order valence-electron chi connectivity index (χ3n) is 5.52. The Hall–Kier alpha value is -3.15. The fraction of sp³-hybridized carbons (Fsp3) is 0.286. The van der Waals surface area contributed by atoms with Crippen molar-refractivity contribution in [2.24, 2.45) is 0 Å². The summed E-state index contributed by atoms with van der Waals surface area (Å²) in [7, 11) is 0. The van der Waals surface area contributed by atoms with Gasteiger partial charge in [-0.2, -0.15) is 5.10 Å². The maximum absolute atomic E-state index is 13.4. The zero-order valence-corrected chi connectivity index (χ0v) is 15.2. The van der Waals surface area contributed by atoms with Crippen LogP contribution in [0.5, 0.6) is 0 Å². The highest BCUT2D eigenvalue weighted by molar-refractivity contribution is 6.00. The van der Waals surface area contributed by atoms with Crippen LogP contribution in [0.25, 0.3) is 10.9 Å². The number of piperidine rings is 1. The van der Waals surface area contributed by atoms with E-state index in [0.29, 0.717) is 25.9 Å². The first-order chi connectivity index (χ1) is 13.1. The smallest absolute Gasteiger partial charge is 0.235 e. The van der Waals surface area contributed by atoms with Gasteiger partial charge in [0.15, 0.2) is 0 Å². The van der Waals surface area contributed by atoms with E-state index < -0.39 is 5.41 Å². The van der Waals surface area contributed by atoms with E-state index in [2.05, 4.69) is 15.5 Å². The van der Waals surface area contributed by atoms with Crippen molar-refractivity contribution >= 4 is 28.4 Å². The monoisotopic (exact) mass is 362 g/mol. The van der Waals surface area contributed by atoms with E-state index in [1.54, 1.807) is 13.1 Å². The number of likely N-dealkylation sites (tertiary alicyclic amines) is 1. The number of amides is 2. The van der Waals surface area contributed by atoms with Gasteiger partial charge in [-0.15, -0.1) is 0 Å². The number of hydrogen-bond donors (Lipinski definition) is 2. The summed E-state index contributed by atoms with van der Waals surface area (Å²) < 4.78 is 0. The molecule has 138 valence electrons. The molecule has 0 radical (unpaired) electrons. The van der Waals surface area contributed by atoms with E-state index in [4.69, 9.17) is 0 Å². The molecule has 3 aromatic rings. The minimum absolute atomic E-state index is 0.0280. The molecule has 6 heteroatoms. The molecule has 1 fully saturated rings. The standard InChI is InChI=1S/C21H22N4O2/c1-15(26)25-11-9-21(10-12-25,17-5-3-2-4-6-17)20(27)23-18-7-8-19-16(13-18)14-22-24-19/h2-8,13-14H,9-12H2,1H3,(H,22,24)(H,23,27). The molecule has 2 heterocycles. The van der Waals surface area contributed by atoms with Crippen LogP contribution >= 0.6 is 0 Å². The van der Waals surface area contributed by atoms with Gasteiger partial charge in [0.2, 0.25) is 11.8 Å². The third-order valence-corrected chi connectivity index (χ3v) is 5.52. The van der Waals surface area contributed by atoms with Crippen molar-refractivity contribution in [3.8, 4) is 0 Å². The predicted molar refractivity (Wildman–Crippen MR) is 104 cm³/mol. The highest BCUT2D eigenvalue weighted by atomic mass is 16.2. The summed E-state index contributed by atoms with van der Waals surface area (Å²) in [5.41, 5.74) is 2.03. The van der Waals surface area contributed by atoms with Crippen LogP contribution < -0.4 is 5.32 Å². The Morgan fingerprint density at radius 1 is 1.11 bits per heavy atom. The summed E-state index contributed by atoms with van der Waals surface area (Å²) in [6.45, 7) is 2.74. The maximum Gasteiger partial charge on any atom is 0.235 e. The lowest BCUT2D eigenvalue weighted by Gasteiger charge is -2.40. The highest BCUT2D eigenvalue weighted by Crippen LogP contribution is 2.37. The van der Waals surface area contributed by atoms with Crippen LogP contribution in [0.4, 0.5) is 5.69 Å². The summed E-state index contributed by atoms with van der Waals surface area (Å²) in [5.74, 6) is 0.0298. The Balaban J connectivity index is 1.64. The fourth-order valence-electron chi connectivity index (χ4n) is 3.88. The number of fused-ring (bicyclic) bond motifs is 1. The second kappa shape index (κ2) is 6.87. The van der Waals surface area contributed by atoms with Gasteiger partial charge in [-0.05, 0) is 36.6 Å². The first-order valence-corrected chi connectivity index (χ1v) is 9.14. The number of benzene rings is 2. The van der Waals surface area contributed by atoms with Crippen molar-refractivity contribution in [2.45, 2.75) is 25.2 Å². The van der Waals surface area contributed by atoms with Gasteiger partial charge in [0.1, 0.15) is 0 Å². The Labute approximate surface area is 157 Å². The van der Waals surface area contributed by atoms with Crippen LogP contribution in [0.2, 0.25) is 0 Å². The molecule has 0 unspecified atom stereocenters. The number of hydrogen-bond acceptors (Lipinski definition) is 3. The topological polar surface area (TPSA) is 78.1 Å². The molecular weight excluding hydrogens is 340 g/mol. The van der Waals surface area contributed by atoms with Crippen LogP contribution in [-0.4, -0.2) is 40.0 Å². The van der Waals surface area contributed by atoms with Crippen LogP contribution in [0.1, 0.15) is 25.3 Å². The Morgan fingerprint density at radius 2 is 1.85 bits per heavy atom. The molecule has 2 N–H and O–H groups in total. The number of nitrogens with zero attached hydrogens (tertiary/aromatic N) is 2. The molecule has 1 aliphatic heterocycles. The zero-order chi connectivity index (χ0) is 18.9. The van der Waals surface area contributed by atoms with E-state index in [-0.39, 0.29) is 11.8 Å². The molecule has 0 atom stereocenters. The summed E-state index contributed by atoms with van der Waals surface area (Å²) in [5, 5.41) is 11.0. The molecule has 27 heavy (non-hydrogen) atoms. The Morgan fingerprint density at radius 3 is 2.56 bits per heavy atom. The molecule has 1 aromatic heterocycles. The van der Waals surface area contributed by atoms with Gasteiger partial charge in [0.25, 0.3) is 0 Å². The Kier molecular flexibility index (Phi) is 4.39. The molecule has 1 aliphatic rings. The van der Waals surface area contributed by atoms with E-state index >= 15 is 0 Å². The van der Waals surface area contributed by atoms with E-state index in [9.17, 15) is 9.59 Å². The molecular formula is C21H22N4O2. The van der Waals surface area contributed by atoms with Crippen molar-refractivity contribution in [1.29, 1.82) is 0 Å². The fourth-order valence-corrected chi connectivity index (χ4v) is 3.88. The first kappa shape index (κ1) is 17.3. The van der Waals surface area contributed by atoms with Crippen molar-refractivity contribution < 1.29 is 9.59 Å². The number of carbonyl (C=O) groups is 2. The quantitative estimate of drug-likeness (QED) is 0.752. The molecule has 0 aliphatic carbocycles. The lowest BCUT2D eigenvalue weighted by atomic mass is 9.72. The number of H-pyrrole nitrogens is 1. The van der Waals surface area contributed by atoms with Gasteiger partial charge >= 0.3 is 0 Å². The van der Waals surface area contributed by atoms with Gasteiger partial charge in [0, 0.05) is 31.1 Å². The Bertz CT molecular complexity index is 972. The molecule has 1 saturated heterocycles. The van der Waals surface area contributed by atoms with Crippen LogP contribution in [0.15, 0.2) is 54.7 Å². The third kappa shape index (κ3) is 3.18. The van der Waals surface area contributed by atoms with Crippen molar-refractivity contribution in [2.75, 3.05) is 18.4 Å². The average molecular weight is 362 g/mol. The summed E-state index contributed by atoms with van der Waals surface area (Å²) in [6, 6.07) is 15.6. The molecule has 2 amide bonds. The number of carbonyl (C=O) groups excluding carboxylic acids is 2. The summed E-state index contributed by atoms with van der Waals surface area (Å²) >= 11 is 0. The molecule has 4 rings (SSSR count). The van der Waals surface area contributed by atoms with Crippen molar-refractivity contribution in [3.05, 3.63) is 60.3 Å². The van der Waals surface area contributed by atoms with E-state index in [1.807, 2.05) is 53.4 Å². The lowest BCUT2D eigenvalue weighted by Crippen LogP contribution is -2.50. The van der Waals surface area contributed by atoms with Crippen molar-refractivity contribution in [3.63, 3.8) is 0 Å². The SMILES string of the molecule is CC(=O)N1CCC(C(=O)Nc2ccc3[nH]ncc3c2)(c2ccccc2)CC1. The minimum Gasteiger partial charge on any atom is -0.343 e. The minimum atomic E-state index is -0.640. The molecule has 0 bridgehead atoms. The van der Waals surface area contributed by atoms with E-state index in [1.165, 1.54) is 0 Å². The van der Waals surface area contributed by atoms with Gasteiger partial charge in [-0.1, -0.05) is 30.3 Å². The number of anilines is 1.